The first-order valence-corrected chi connectivity index (χ1v) is 6.61. The van der Waals surface area contributed by atoms with Gasteiger partial charge < -0.3 is 10.5 Å². The maximum Gasteiger partial charge on any atom is 0.192 e. The molecule has 0 amide bonds. The van der Waals surface area contributed by atoms with Gasteiger partial charge in [-0.25, -0.2) is 14.4 Å². The first-order chi connectivity index (χ1) is 9.10. The van der Waals surface area contributed by atoms with Crippen molar-refractivity contribution in [1.82, 2.24) is 9.97 Å². The SMILES string of the molecule is CCOc1cc(Sc2nccc(C)n2)c(N)cc1F. The molecular weight excluding hydrogens is 265 g/mol. The summed E-state index contributed by atoms with van der Waals surface area (Å²) in [5.74, 6) is -0.277. The predicted molar refractivity (Wildman–Crippen MR) is 72.9 cm³/mol. The molecule has 2 aromatic rings. The highest BCUT2D eigenvalue weighted by molar-refractivity contribution is 7.99. The third kappa shape index (κ3) is 3.35. The van der Waals surface area contributed by atoms with E-state index >= 15 is 0 Å². The Morgan fingerprint density at radius 2 is 2.21 bits per heavy atom. The van der Waals surface area contributed by atoms with Crippen molar-refractivity contribution >= 4 is 17.4 Å². The van der Waals surface area contributed by atoms with Crippen LogP contribution in [0.3, 0.4) is 0 Å². The van der Waals surface area contributed by atoms with E-state index in [-0.39, 0.29) is 5.75 Å². The first-order valence-electron chi connectivity index (χ1n) is 5.79. The van der Waals surface area contributed by atoms with Gasteiger partial charge in [0.05, 0.1) is 6.61 Å². The van der Waals surface area contributed by atoms with Crippen molar-refractivity contribution in [3.63, 3.8) is 0 Å². The number of benzene rings is 1. The van der Waals surface area contributed by atoms with Crippen LogP contribution in [0.2, 0.25) is 0 Å². The van der Waals surface area contributed by atoms with Gasteiger partial charge in [0.2, 0.25) is 0 Å². The molecular formula is C13H14FN3OS. The van der Waals surface area contributed by atoms with Crippen molar-refractivity contribution in [3.05, 3.63) is 35.9 Å². The van der Waals surface area contributed by atoms with Crippen LogP contribution in [-0.2, 0) is 0 Å². The van der Waals surface area contributed by atoms with E-state index in [2.05, 4.69) is 9.97 Å². The van der Waals surface area contributed by atoms with Crippen molar-refractivity contribution in [2.75, 3.05) is 12.3 Å². The molecule has 1 aromatic heterocycles. The van der Waals surface area contributed by atoms with E-state index in [1.807, 2.05) is 13.0 Å². The Morgan fingerprint density at radius 3 is 2.89 bits per heavy atom. The molecule has 0 saturated heterocycles. The van der Waals surface area contributed by atoms with E-state index in [1.54, 1.807) is 19.2 Å². The summed E-state index contributed by atoms with van der Waals surface area (Å²) in [7, 11) is 0. The van der Waals surface area contributed by atoms with Gasteiger partial charge in [-0.2, -0.15) is 0 Å². The summed E-state index contributed by atoms with van der Waals surface area (Å²) in [5.41, 5.74) is 7.01. The molecule has 2 rings (SSSR count). The summed E-state index contributed by atoms with van der Waals surface area (Å²) in [4.78, 5) is 9.08. The lowest BCUT2D eigenvalue weighted by Crippen LogP contribution is -1.98. The van der Waals surface area contributed by atoms with Gasteiger partial charge in [-0.05, 0) is 37.7 Å². The minimum absolute atomic E-state index is 0.187. The molecule has 0 unspecified atom stereocenters. The van der Waals surface area contributed by atoms with Crippen LogP contribution in [0.5, 0.6) is 5.75 Å². The molecule has 0 fully saturated rings. The molecule has 0 saturated carbocycles. The van der Waals surface area contributed by atoms with Gasteiger partial charge in [-0.1, -0.05) is 0 Å². The summed E-state index contributed by atoms with van der Waals surface area (Å²) < 4.78 is 18.8. The summed E-state index contributed by atoms with van der Waals surface area (Å²) in [6, 6.07) is 4.64. The second kappa shape index (κ2) is 5.88. The Morgan fingerprint density at radius 1 is 1.42 bits per heavy atom. The van der Waals surface area contributed by atoms with Crippen molar-refractivity contribution in [2.45, 2.75) is 23.9 Å². The molecule has 0 atom stereocenters. The first kappa shape index (κ1) is 13.6. The number of halogens is 1. The number of rotatable bonds is 4. The maximum atomic E-state index is 13.6. The monoisotopic (exact) mass is 279 g/mol. The van der Waals surface area contributed by atoms with Crippen LogP contribution < -0.4 is 10.5 Å². The van der Waals surface area contributed by atoms with Gasteiger partial charge in [0, 0.05) is 28.5 Å². The van der Waals surface area contributed by atoms with Gasteiger partial charge in [0.25, 0.3) is 0 Å². The standard InChI is InChI=1S/C13H14FN3OS/c1-3-18-11-7-12(10(15)6-9(11)14)19-13-16-5-4-8(2)17-13/h4-7H,3,15H2,1-2H3. The molecule has 0 radical (unpaired) electrons. The minimum atomic E-state index is -0.464. The number of nitrogens with zero attached hydrogens (tertiary/aromatic N) is 2. The fraction of sp³-hybridized carbons (Fsp3) is 0.231. The Balaban J connectivity index is 2.31. The number of ether oxygens (including phenoxy) is 1. The molecule has 100 valence electrons. The molecule has 4 nitrogen and oxygen atoms in total. The highest BCUT2D eigenvalue weighted by Gasteiger charge is 2.11. The number of nitrogen functional groups attached to an aromatic ring is 1. The van der Waals surface area contributed by atoms with E-state index in [0.717, 1.165) is 5.69 Å². The number of hydrogen-bond donors (Lipinski definition) is 1. The van der Waals surface area contributed by atoms with Crippen molar-refractivity contribution < 1.29 is 9.13 Å². The van der Waals surface area contributed by atoms with Gasteiger partial charge in [-0.15, -0.1) is 0 Å². The highest BCUT2D eigenvalue weighted by atomic mass is 32.2. The maximum absolute atomic E-state index is 13.6. The second-order valence-corrected chi connectivity index (χ2v) is 4.85. The van der Waals surface area contributed by atoms with Gasteiger partial charge in [-0.3, -0.25) is 0 Å². The Labute approximate surface area is 115 Å². The fourth-order valence-electron chi connectivity index (χ4n) is 1.48. The van der Waals surface area contributed by atoms with Gasteiger partial charge in [0.1, 0.15) is 0 Å². The van der Waals surface area contributed by atoms with Crippen LogP contribution >= 0.6 is 11.8 Å². The minimum Gasteiger partial charge on any atom is -0.491 e. The highest BCUT2D eigenvalue weighted by Crippen LogP contribution is 2.34. The quantitative estimate of drug-likeness (QED) is 0.688. The Kier molecular flexibility index (Phi) is 4.21. The molecule has 0 aliphatic rings. The third-order valence-electron chi connectivity index (χ3n) is 2.34. The van der Waals surface area contributed by atoms with E-state index in [4.69, 9.17) is 10.5 Å². The summed E-state index contributed by atoms with van der Waals surface area (Å²) in [6.45, 7) is 4.07. The molecule has 0 aliphatic carbocycles. The van der Waals surface area contributed by atoms with Crippen LogP contribution in [0.4, 0.5) is 10.1 Å². The molecule has 0 aliphatic heterocycles. The van der Waals surface area contributed by atoms with E-state index in [1.165, 1.54) is 17.8 Å². The molecule has 1 aromatic carbocycles. The van der Waals surface area contributed by atoms with E-state index < -0.39 is 5.82 Å². The molecule has 0 bridgehead atoms. The lowest BCUT2D eigenvalue weighted by atomic mass is 10.3. The Bertz CT molecular complexity index is 592. The zero-order chi connectivity index (χ0) is 13.8. The number of nitrogens with two attached hydrogens (primary N) is 1. The van der Waals surface area contributed by atoms with Crippen molar-refractivity contribution in [1.29, 1.82) is 0 Å². The summed E-state index contributed by atoms with van der Waals surface area (Å²) in [6.07, 6.45) is 1.67. The normalized spacial score (nSPS) is 10.5. The van der Waals surface area contributed by atoms with Crippen LogP contribution in [0.1, 0.15) is 12.6 Å². The summed E-state index contributed by atoms with van der Waals surface area (Å²) >= 11 is 1.28. The third-order valence-corrected chi connectivity index (χ3v) is 3.29. The van der Waals surface area contributed by atoms with Crippen LogP contribution in [0.15, 0.2) is 34.4 Å². The number of hydrogen-bond acceptors (Lipinski definition) is 5. The number of aromatic nitrogens is 2. The topological polar surface area (TPSA) is 61.0 Å². The molecule has 1 heterocycles. The molecule has 2 N–H and O–H groups in total. The number of aryl methyl sites for hydroxylation is 1. The van der Waals surface area contributed by atoms with Crippen molar-refractivity contribution in [2.24, 2.45) is 0 Å². The zero-order valence-corrected chi connectivity index (χ0v) is 11.5. The average Bonchev–Trinajstić information content (AvgIpc) is 2.35. The van der Waals surface area contributed by atoms with Crippen LogP contribution in [-0.4, -0.2) is 16.6 Å². The van der Waals surface area contributed by atoms with E-state index in [9.17, 15) is 4.39 Å². The molecule has 0 spiro atoms. The smallest absolute Gasteiger partial charge is 0.192 e. The second-order valence-electron chi connectivity index (χ2n) is 3.84. The lowest BCUT2D eigenvalue weighted by Gasteiger charge is -2.09. The lowest BCUT2D eigenvalue weighted by molar-refractivity contribution is 0.321. The Hall–Kier alpha value is -1.82. The average molecular weight is 279 g/mol. The van der Waals surface area contributed by atoms with Crippen LogP contribution in [0.25, 0.3) is 0 Å². The summed E-state index contributed by atoms with van der Waals surface area (Å²) in [5, 5.41) is 0.570. The van der Waals surface area contributed by atoms with Crippen molar-refractivity contribution in [3.8, 4) is 5.75 Å². The molecule has 6 heteroatoms. The van der Waals surface area contributed by atoms with Gasteiger partial charge >= 0.3 is 0 Å². The van der Waals surface area contributed by atoms with E-state index in [0.29, 0.717) is 22.3 Å². The molecule has 19 heavy (non-hydrogen) atoms. The fourth-order valence-corrected chi connectivity index (χ4v) is 2.32. The number of anilines is 1. The predicted octanol–water partition coefficient (Wildman–Crippen LogP) is 3.06. The largest absolute Gasteiger partial charge is 0.491 e. The van der Waals surface area contributed by atoms with Crippen LogP contribution in [0, 0.1) is 12.7 Å². The zero-order valence-electron chi connectivity index (χ0n) is 10.7. The van der Waals surface area contributed by atoms with Gasteiger partial charge in [0.15, 0.2) is 16.7 Å².